The minimum atomic E-state index is -1.67. The molecule has 0 N–H and O–H groups in total. The van der Waals surface area contributed by atoms with Gasteiger partial charge in [-0.3, -0.25) is 0 Å². The molecular weight excluding hydrogens is 348 g/mol. The van der Waals surface area contributed by atoms with Crippen LogP contribution in [-0.4, -0.2) is 23.0 Å². The van der Waals surface area contributed by atoms with Crippen LogP contribution in [0.3, 0.4) is 0 Å². The van der Waals surface area contributed by atoms with E-state index in [-0.39, 0.29) is 5.04 Å². The molecule has 0 amide bonds. The second-order valence-corrected chi connectivity index (χ2v) is 20.9. The Kier molecular flexibility index (Phi) is 9.64. The number of hydrogen-bond acceptors (Lipinski definition) is 1. The van der Waals surface area contributed by atoms with Crippen molar-refractivity contribution in [1.29, 1.82) is 0 Å². The minimum absolute atomic E-state index is 0.266. The maximum atomic E-state index is 6.37. The van der Waals surface area contributed by atoms with Gasteiger partial charge in [0, 0.05) is 6.61 Å². The fraction of sp³-hybridized carbons (Fsp3) is 0.826. The van der Waals surface area contributed by atoms with Crippen LogP contribution >= 0.6 is 0 Å². The maximum absolute atomic E-state index is 6.37. The molecule has 0 aromatic carbocycles. The highest BCUT2D eigenvalue weighted by atomic mass is 28.4. The van der Waals surface area contributed by atoms with Crippen LogP contribution in [0.2, 0.25) is 34.8 Å². The van der Waals surface area contributed by atoms with Crippen molar-refractivity contribution in [2.24, 2.45) is 5.92 Å². The van der Waals surface area contributed by atoms with Crippen LogP contribution in [0.25, 0.3) is 0 Å². The largest absolute Gasteiger partial charge is 0.416 e. The first kappa shape index (κ1) is 25.7. The standard InChI is InChI=1S/C23H46OSi2/c1-18(2)26(19(3)4,20(5)6)15-14-21(7)16-22(8)17-24-25(12,13)23(9,10)11/h16,18-20,22H,17H2,1-13H3/b21-16-/t22-/m0/s1. The predicted molar refractivity (Wildman–Crippen MR) is 125 cm³/mol. The minimum Gasteiger partial charge on any atom is -0.416 e. The van der Waals surface area contributed by atoms with Crippen LogP contribution in [0.4, 0.5) is 0 Å². The first-order valence-corrected chi connectivity index (χ1v) is 15.6. The molecule has 26 heavy (non-hydrogen) atoms. The van der Waals surface area contributed by atoms with Crippen molar-refractivity contribution in [2.75, 3.05) is 6.61 Å². The predicted octanol–water partition coefficient (Wildman–Crippen LogP) is 7.81. The van der Waals surface area contributed by atoms with Gasteiger partial charge >= 0.3 is 0 Å². The summed E-state index contributed by atoms with van der Waals surface area (Å²) in [6.45, 7) is 31.0. The SMILES string of the molecule is C/C(C#C[Si](C(C)C)(C(C)C)C(C)C)=C/[C@H](C)CO[Si](C)(C)C(C)(C)C. The van der Waals surface area contributed by atoms with Gasteiger partial charge < -0.3 is 4.43 Å². The van der Waals surface area contributed by atoms with Crippen molar-refractivity contribution in [1.82, 2.24) is 0 Å². The lowest BCUT2D eigenvalue weighted by atomic mass is 10.1. The smallest absolute Gasteiger partial charge is 0.192 e. The summed E-state index contributed by atoms with van der Waals surface area (Å²) in [6.07, 6.45) is 2.31. The van der Waals surface area contributed by atoms with Crippen LogP contribution in [0, 0.1) is 17.4 Å². The van der Waals surface area contributed by atoms with Crippen LogP contribution in [0.15, 0.2) is 11.6 Å². The molecule has 0 aromatic rings. The Hall–Kier alpha value is -0.306. The fourth-order valence-corrected chi connectivity index (χ4v) is 10.1. The van der Waals surface area contributed by atoms with E-state index in [2.05, 4.69) is 107 Å². The molecule has 0 aliphatic heterocycles. The van der Waals surface area contributed by atoms with Crippen LogP contribution in [-0.2, 0) is 4.43 Å². The first-order valence-electron chi connectivity index (χ1n) is 10.4. The number of hydrogen-bond donors (Lipinski definition) is 0. The highest BCUT2D eigenvalue weighted by Crippen LogP contribution is 2.41. The second-order valence-electron chi connectivity index (χ2n) is 10.5. The third-order valence-corrected chi connectivity index (χ3v) is 17.2. The van der Waals surface area contributed by atoms with E-state index >= 15 is 0 Å². The first-order chi connectivity index (χ1) is 11.6. The van der Waals surface area contributed by atoms with Crippen molar-refractivity contribution in [2.45, 2.75) is 111 Å². The normalized spacial score (nSPS) is 15.5. The molecule has 152 valence electrons. The summed E-state index contributed by atoms with van der Waals surface area (Å²) in [7, 11) is -3.31. The summed E-state index contributed by atoms with van der Waals surface area (Å²) in [6, 6.07) is 0. The summed E-state index contributed by atoms with van der Waals surface area (Å²) < 4.78 is 6.37. The molecule has 0 bridgehead atoms. The lowest BCUT2D eigenvalue weighted by molar-refractivity contribution is 0.259. The third-order valence-electron chi connectivity index (χ3n) is 6.39. The summed E-state index contributed by atoms with van der Waals surface area (Å²) in [5.74, 6) is 3.96. The van der Waals surface area contributed by atoms with Gasteiger partial charge in [-0.25, -0.2) is 0 Å². The van der Waals surface area contributed by atoms with E-state index in [0.717, 1.165) is 6.61 Å². The van der Waals surface area contributed by atoms with E-state index in [0.29, 0.717) is 22.5 Å². The van der Waals surface area contributed by atoms with Crippen LogP contribution in [0.1, 0.15) is 76.2 Å². The van der Waals surface area contributed by atoms with Crippen molar-refractivity contribution in [3.05, 3.63) is 11.6 Å². The zero-order valence-electron chi connectivity index (χ0n) is 20.0. The molecule has 0 radical (unpaired) electrons. The lowest BCUT2D eigenvalue weighted by Crippen LogP contribution is -2.43. The van der Waals surface area contributed by atoms with E-state index in [1.807, 2.05) is 0 Å². The van der Waals surface area contributed by atoms with Gasteiger partial charge in [0.2, 0.25) is 0 Å². The van der Waals surface area contributed by atoms with Crippen molar-refractivity contribution in [3.63, 3.8) is 0 Å². The zero-order valence-corrected chi connectivity index (χ0v) is 22.0. The average Bonchev–Trinajstić information content (AvgIpc) is 2.43. The van der Waals surface area contributed by atoms with Crippen molar-refractivity contribution >= 4 is 16.4 Å². The van der Waals surface area contributed by atoms with Gasteiger partial charge in [-0.15, -0.1) is 5.54 Å². The van der Waals surface area contributed by atoms with E-state index in [1.54, 1.807) is 0 Å². The quantitative estimate of drug-likeness (QED) is 0.316. The number of allylic oxidation sites excluding steroid dienone is 1. The number of rotatable bonds is 7. The van der Waals surface area contributed by atoms with Gasteiger partial charge in [0.25, 0.3) is 0 Å². The molecule has 0 rings (SSSR count). The molecule has 0 aliphatic rings. The summed E-state index contributed by atoms with van der Waals surface area (Å²) in [4.78, 5) is 0. The van der Waals surface area contributed by atoms with Gasteiger partial charge in [0.1, 0.15) is 8.07 Å². The zero-order chi connectivity index (χ0) is 20.9. The van der Waals surface area contributed by atoms with Gasteiger partial charge in [0.05, 0.1) is 0 Å². The third kappa shape index (κ3) is 6.69. The van der Waals surface area contributed by atoms with Crippen LogP contribution < -0.4 is 0 Å². The Morgan fingerprint density at radius 1 is 0.923 bits per heavy atom. The molecular formula is C23H46OSi2. The Morgan fingerprint density at radius 3 is 1.69 bits per heavy atom. The second kappa shape index (κ2) is 9.76. The van der Waals surface area contributed by atoms with Gasteiger partial charge in [-0.1, -0.05) is 81.2 Å². The molecule has 0 saturated heterocycles. The maximum Gasteiger partial charge on any atom is 0.192 e. The molecule has 0 saturated carbocycles. The Bertz CT molecular complexity index is 503. The van der Waals surface area contributed by atoms with Crippen molar-refractivity contribution in [3.8, 4) is 11.5 Å². The Morgan fingerprint density at radius 2 is 1.35 bits per heavy atom. The summed E-state index contributed by atoms with van der Waals surface area (Å²) >= 11 is 0. The molecule has 0 aromatic heterocycles. The molecule has 0 spiro atoms. The van der Waals surface area contributed by atoms with E-state index < -0.39 is 16.4 Å². The Labute approximate surface area is 167 Å². The van der Waals surface area contributed by atoms with Crippen molar-refractivity contribution < 1.29 is 4.43 Å². The molecule has 3 heteroatoms. The molecule has 0 heterocycles. The monoisotopic (exact) mass is 394 g/mol. The summed E-state index contributed by atoms with van der Waals surface area (Å²) in [5.41, 5.74) is 7.07. The van der Waals surface area contributed by atoms with Gasteiger partial charge in [-0.2, -0.15) is 0 Å². The molecule has 1 atom stereocenters. The van der Waals surface area contributed by atoms with E-state index in [4.69, 9.17) is 4.43 Å². The highest BCUT2D eigenvalue weighted by molar-refractivity contribution is 6.90. The molecule has 0 unspecified atom stereocenters. The molecule has 1 nitrogen and oxygen atoms in total. The van der Waals surface area contributed by atoms with E-state index in [9.17, 15) is 0 Å². The van der Waals surface area contributed by atoms with Gasteiger partial charge in [0.15, 0.2) is 8.32 Å². The average molecular weight is 395 g/mol. The van der Waals surface area contributed by atoms with E-state index in [1.165, 1.54) is 5.57 Å². The Balaban J connectivity index is 5.28. The lowest BCUT2D eigenvalue weighted by Gasteiger charge is -2.38. The van der Waals surface area contributed by atoms with Crippen LogP contribution in [0.5, 0.6) is 0 Å². The fourth-order valence-electron chi connectivity index (χ4n) is 3.71. The van der Waals surface area contributed by atoms with Gasteiger partial charge in [-0.05, 0) is 53.2 Å². The summed E-state index contributed by atoms with van der Waals surface area (Å²) in [5, 5.41) is 0.266. The molecule has 0 fully saturated rings. The highest BCUT2D eigenvalue weighted by Gasteiger charge is 2.41. The molecule has 0 aliphatic carbocycles. The topological polar surface area (TPSA) is 9.23 Å².